The summed E-state index contributed by atoms with van der Waals surface area (Å²) in [6.45, 7) is 2.63. The molecule has 2 aliphatic rings. The molecular formula is C17H21F3N2O. The minimum absolute atomic E-state index is 0.0619. The predicted molar refractivity (Wildman–Crippen MR) is 80.7 cm³/mol. The summed E-state index contributed by atoms with van der Waals surface area (Å²) in [6, 6.07) is 5.58. The molecule has 1 aromatic carbocycles. The summed E-state index contributed by atoms with van der Waals surface area (Å²) in [5.74, 6) is -0.213. The van der Waals surface area contributed by atoms with Gasteiger partial charge in [-0.3, -0.25) is 4.79 Å². The summed E-state index contributed by atoms with van der Waals surface area (Å²) >= 11 is 0. The Balaban J connectivity index is 1.69. The maximum atomic E-state index is 12.8. The van der Waals surface area contributed by atoms with E-state index < -0.39 is 11.7 Å². The van der Waals surface area contributed by atoms with Crippen LogP contribution in [0.5, 0.6) is 0 Å². The highest BCUT2D eigenvalue weighted by Crippen LogP contribution is 2.49. The molecule has 1 amide bonds. The van der Waals surface area contributed by atoms with Gasteiger partial charge in [-0.05, 0) is 43.7 Å². The second-order valence-corrected chi connectivity index (χ2v) is 6.74. The molecule has 1 aliphatic heterocycles. The van der Waals surface area contributed by atoms with E-state index in [2.05, 4.69) is 0 Å². The number of likely N-dealkylation sites (tertiary alicyclic amines) is 1. The molecule has 3 rings (SSSR count). The lowest BCUT2D eigenvalue weighted by atomic mass is 9.98. The first-order chi connectivity index (χ1) is 10.8. The Bertz CT molecular complexity index is 602. The van der Waals surface area contributed by atoms with Crippen molar-refractivity contribution in [3.8, 4) is 0 Å². The molecule has 1 saturated carbocycles. The van der Waals surface area contributed by atoms with Crippen molar-refractivity contribution >= 4 is 5.91 Å². The summed E-state index contributed by atoms with van der Waals surface area (Å²) in [4.78, 5) is 14.5. The topological polar surface area (TPSA) is 46.3 Å². The number of piperidine rings is 1. The molecular weight excluding hydrogens is 305 g/mol. The van der Waals surface area contributed by atoms with E-state index in [0.717, 1.165) is 18.9 Å². The van der Waals surface area contributed by atoms with E-state index in [1.807, 2.05) is 11.8 Å². The third kappa shape index (κ3) is 3.37. The van der Waals surface area contributed by atoms with Crippen LogP contribution in [0.1, 0.15) is 43.2 Å². The van der Waals surface area contributed by atoms with Gasteiger partial charge in [0.25, 0.3) is 0 Å². The molecule has 0 unspecified atom stereocenters. The first kappa shape index (κ1) is 16.3. The van der Waals surface area contributed by atoms with Crippen LogP contribution in [-0.4, -0.2) is 29.4 Å². The van der Waals surface area contributed by atoms with Crippen molar-refractivity contribution in [3.63, 3.8) is 0 Å². The third-order valence-corrected chi connectivity index (χ3v) is 4.95. The second kappa shape index (κ2) is 5.82. The summed E-state index contributed by atoms with van der Waals surface area (Å²) in [5.41, 5.74) is 5.87. The molecule has 1 aromatic rings. The number of benzene rings is 1. The normalized spacial score (nSPS) is 31.1. The first-order valence-electron chi connectivity index (χ1n) is 8.00. The number of halogens is 3. The van der Waals surface area contributed by atoms with E-state index in [4.69, 9.17) is 5.73 Å². The Hall–Kier alpha value is -1.56. The Morgan fingerprint density at radius 3 is 2.70 bits per heavy atom. The standard InChI is InChI=1S/C17H21F3N2O/c1-10-7-13(21)5-6-22(10)16(23)15-9-14(15)11-3-2-4-12(8-11)17(18,19)20/h2-4,8,10,13-15H,5-7,9,21H2,1H3/t10-,13-,14-,15-/m1/s1. The van der Waals surface area contributed by atoms with E-state index in [0.29, 0.717) is 18.5 Å². The van der Waals surface area contributed by atoms with Crippen LogP contribution in [0.25, 0.3) is 0 Å². The van der Waals surface area contributed by atoms with E-state index in [1.165, 1.54) is 12.1 Å². The maximum absolute atomic E-state index is 12.8. The average molecular weight is 326 g/mol. The van der Waals surface area contributed by atoms with E-state index in [1.54, 1.807) is 6.07 Å². The molecule has 1 heterocycles. The van der Waals surface area contributed by atoms with Crippen molar-refractivity contribution in [2.45, 2.75) is 50.4 Å². The minimum atomic E-state index is -4.35. The van der Waals surface area contributed by atoms with Crippen LogP contribution in [0.15, 0.2) is 24.3 Å². The summed E-state index contributed by atoms with van der Waals surface area (Å²) < 4.78 is 38.4. The molecule has 0 aromatic heterocycles. The molecule has 2 N–H and O–H groups in total. The molecule has 6 heteroatoms. The van der Waals surface area contributed by atoms with Crippen molar-refractivity contribution in [3.05, 3.63) is 35.4 Å². The van der Waals surface area contributed by atoms with Crippen LogP contribution < -0.4 is 5.73 Å². The number of rotatable bonds is 2. The van der Waals surface area contributed by atoms with Gasteiger partial charge in [0.1, 0.15) is 0 Å². The predicted octanol–water partition coefficient (Wildman–Crippen LogP) is 3.15. The van der Waals surface area contributed by atoms with Crippen LogP contribution in [-0.2, 0) is 11.0 Å². The van der Waals surface area contributed by atoms with Gasteiger partial charge >= 0.3 is 6.18 Å². The van der Waals surface area contributed by atoms with Gasteiger partial charge in [-0.2, -0.15) is 13.2 Å². The third-order valence-electron chi connectivity index (χ3n) is 4.95. The lowest BCUT2D eigenvalue weighted by Gasteiger charge is -2.36. The quantitative estimate of drug-likeness (QED) is 0.907. The van der Waals surface area contributed by atoms with Crippen LogP contribution in [0.3, 0.4) is 0 Å². The molecule has 2 fully saturated rings. The van der Waals surface area contributed by atoms with Gasteiger partial charge in [0.05, 0.1) is 5.56 Å². The number of carbonyl (C=O) groups is 1. The molecule has 0 bridgehead atoms. The number of hydrogen-bond donors (Lipinski definition) is 1. The van der Waals surface area contributed by atoms with Crippen molar-refractivity contribution < 1.29 is 18.0 Å². The van der Waals surface area contributed by atoms with Gasteiger partial charge in [0.15, 0.2) is 0 Å². The van der Waals surface area contributed by atoms with Gasteiger partial charge < -0.3 is 10.6 Å². The average Bonchev–Trinajstić information content (AvgIpc) is 3.26. The smallest absolute Gasteiger partial charge is 0.340 e. The maximum Gasteiger partial charge on any atom is 0.416 e. The molecule has 0 radical (unpaired) electrons. The molecule has 4 atom stereocenters. The van der Waals surface area contributed by atoms with E-state index >= 15 is 0 Å². The Labute approximate surface area is 133 Å². The molecule has 1 aliphatic carbocycles. The zero-order valence-corrected chi connectivity index (χ0v) is 13.0. The Morgan fingerprint density at radius 1 is 1.30 bits per heavy atom. The van der Waals surface area contributed by atoms with Crippen molar-refractivity contribution in [1.29, 1.82) is 0 Å². The van der Waals surface area contributed by atoms with Crippen molar-refractivity contribution in [2.24, 2.45) is 11.7 Å². The van der Waals surface area contributed by atoms with Gasteiger partial charge in [-0.1, -0.05) is 18.2 Å². The fourth-order valence-corrected chi connectivity index (χ4v) is 3.53. The molecule has 23 heavy (non-hydrogen) atoms. The summed E-state index contributed by atoms with van der Waals surface area (Å²) in [6.07, 6.45) is -2.14. The zero-order valence-electron chi connectivity index (χ0n) is 13.0. The number of amides is 1. The lowest BCUT2D eigenvalue weighted by molar-refractivity contribution is -0.137. The van der Waals surface area contributed by atoms with Crippen LogP contribution in [0, 0.1) is 5.92 Å². The second-order valence-electron chi connectivity index (χ2n) is 6.74. The first-order valence-corrected chi connectivity index (χ1v) is 8.00. The highest BCUT2D eigenvalue weighted by Gasteiger charge is 2.47. The number of nitrogens with zero attached hydrogens (tertiary/aromatic N) is 1. The molecule has 0 spiro atoms. The van der Waals surface area contributed by atoms with Gasteiger partial charge in [-0.15, -0.1) is 0 Å². The lowest BCUT2D eigenvalue weighted by Crippen LogP contribution is -2.49. The van der Waals surface area contributed by atoms with E-state index in [-0.39, 0.29) is 29.8 Å². The van der Waals surface area contributed by atoms with Crippen LogP contribution in [0.2, 0.25) is 0 Å². The Kier molecular flexibility index (Phi) is 4.12. The SMILES string of the molecule is C[C@@H]1C[C@H](N)CCN1C(=O)[C@@H]1C[C@@H]1c1cccc(C(F)(F)F)c1. The highest BCUT2D eigenvalue weighted by molar-refractivity contribution is 5.83. The summed E-state index contributed by atoms with van der Waals surface area (Å²) in [5, 5.41) is 0. The number of nitrogens with two attached hydrogens (primary N) is 1. The van der Waals surface area contributed by atoms with Crippen LogP contribution in [0.4, 0.5) is 13.2 Å². The largest absolute Gasteiger partial charge is 0.416 e. The fourth-order valence-electron chi connectivity index (χ4n) is 3.53. The van der Waals surface area contributed by atoms with Crippen LogP contribution >= 0.6 is 0 Å². The zero-order chi connectivity index (χ0) is 16.8. The van der Waals surface area contributed by atoms with Gasteiger partial charge in [0.2, 0.25) is 5.91 Å². The number of carbonyl (C=O) groups excluding carboxylic acids is 1. The highest BCUT2D eigenvalue weighted by atomic mass is 19.4. The van der Waals surface area contributed by atoms with E-state index in [9.17, 15) is 18.0 Å². The van der Waals surface area contributed by atoms with Crippen molar-refractivity contribution in [2.75, 3.05) is 6.54 Å². The van der Waals surface area contributed by atoms with Gasteiger partial charge in [-0.25, -0.2) is 0 Å². The van der Waals surface area contributed by atoms with Gasteiger partial charge in [0, 0.05) is 24.5 Å². The minimum Gasteiger partial charge on any atom is -0.340 e. The fraction of sp³-hybridized carbons (Fsp3) is 0.588. The molecule has 3 nitrogen and oxygen atoms in total. The summed E-state index contributed by atoms with van der Waals surface area (Å²) in [7, 11) is 0. The number of alkyl halides is 3. The molecule has 126 valence electrons. The molecule has 1 saturated heterocycles. The Morgan fingerprint density at radius 2 is 2.04 bits per heavy atom. The van der Waals surface area contributed by atoms with Crippen molar-refractivity contribution in [1.82, 2.24) is 4.90 Å². The number of hydrogen-bond acceptors (Lipinski definition) is 2. The monoisotopic (exact) mass is 326 g/mol.